The molecule has 0 bridgehead atoms. The SMILES string of the molecule is CC(=O)Nc1cccc(C(=O)Nc2ccc3[nH]c(C(F)(F)F)cc3c2)c1. The Labute approximate surface area is 146 Å². The fourth-order valence-corrected chi connectivity index (χ4v) is 2.51. The molecule has 0 fully saturated rings. The van der Waals surface area contributed by atoms with Gasteiger partial charge < -0.3 is 15.6 Å². The average molecular weight is 361 g/mol. The van der Waals surface area contributed by atoms with Gasteiger partial charge in [0.1, 0.15) is 5.69 Å². The highest BCUT2D eigenvalue weighted by Gasteiger charge is 2.32. The zero-order valence-electron chi connectivity index (χ0n) is 13.6. The van der Waals surface area contributed by atoms with Gasteiger partial charge in [0.15, 0.2) is 0 Å². The molecule has 1 aromatic heterocycles. The second-order valence-corrected chi connectivity index (χ2v) is 5.70. The molecule has 0 aliphatic rings. The lowest BCUT2D eigenvalue weighted by Gasteiger charge is -2.07. The van der Waals surface area contributed by atoms with Crippen LogP contribution in [-0.2, 0) is 11.0 Å². The van der Waals surface area contributed by atoms with Crippen LogP contribution in [0.4, 0.5) is 24.5 Å². The molecule has 3 rings (SSSR count). The first-order valence-electron chi connectivity index (χ1n) is 7.61. The fourth-order valence-electron chi connectivity index (χ4n) is 2.51. The molecule has 0 atom stereocenters. The van der Waals surface area contributed by atoms with E-state index in [0.29, 0.717) is 27.8 Å². The van der Waals surface area contributed by atoms with Crippen molar-refractivity contribution in [3.8, 4) is 0 Å². The molecule has 134 valence electrons. The third-order valence-electron chi connectivity index (χ3n) is 3.63. The summed E-state index contributed by atoms with van der Waals surface area (Å²) in [6, 6.07) is 11.7. The first-order valence-corrected chi connectivity index (χ1v) is 7.61. The molecular formula is C18H14F3N3O2. The summed E-state index contributed by atoms with van der Waals surface area (Å²) in [4.78, 5) is 25.7. The second kappa shape index (κ2) is 6.55. The summed E-state index contributed by atoms with van der Waals surface area (Å²) in [7, 11) is 0. The number of aromatic amines is 1. The Morgan fingerprint density at radius 2 is 1.69 bits per heavy atom. The lowest BCUT2D eigenvalue weighted by Crippen LogP contribution is -2.13. The highest BCUT2D eigenvalue weighted by Crippen LogP contribution is 2.32. The van der Waals surface area contributed by atoms with Crippen molar-refractivity contribution in [2.24, 2.45) is 0 Å². The number of halogens is 3. The van der Waals surface area contributed by atoms with Gasteiger partial charge in [0.25, 0.3) is 5.91 Å². The average Bonchev–Trinajstić information content (AvgIpc) is 2.98. The molecule has 0 saturated heterocycles. The number of H-pyrrole nitrogens is 1. The van der Waals surface area contributed by atoms with E-state index in [2.05, 4.69) is 15.6 Å². The maximum absolute atomic E-state index is 12.8. The van der Waals surface area contributed by atoms with Crippen LogP contribution in [0, 0.1) is 0 Å². The zero-order valence-corrected chi connectivity index (χ0v) is 13.6. The quantitative estimate of drug-likeness (QED) is 0.647. The number of nitrogens with one attached hydrogen (secondary N) is 3. The minimum atomic E-state index is -4.47. The molecule has 3 aromatic rings. The molecule has 0 radical (unpaired) electrons. The van der Waals surface area contributed by atoms with Gasteiger partial charge in [-0.2, -0.15) is 13.2 Å². The summed E-state index contributed by atoms with van der Waals surface area (Å²) < 4.78 is 38.3. The molecule has 3 N–H and O–H groups in total. The molecule has 2 aromatic carbocycles. The van der Waals surface area contributed by atoms with E-state index in [1.165, 1.54) is 31.2 Å². The van der Waals surface area contributed by atoms with Gasteiger partial charge >= 0.3 is 6.18 Å². The Bertz CT molecular complexity index is 993. The lowest BCUT2D eigenvalue weighted by atomic mass is 10.1. The van der Waals surface area contributed by atoms with Gasteiger partial charge in [0.05, 0.1) is 0 Å². The van der Waals surface area contributed by atoms with Crippen molar-refractivity contribution in [2.45, 2.75) is 13.1 Å². The van der Waals surface area contributed by atoms with Crippen LogP contribution in [-0.4, -0.2) is 16.8 Å². The molecule has 26 heavy (non-hydrogen) atoms. The summed E-state index contributed by atoms with van der Waals surface area (Å²) in [5.41, 5.74) is 0.615. The topological polar surface area (TPSA) is 74.0 Å². The third kappa shape index (κ3) is 3.85. The monoisotopic (exact) mass is 361 g/mol. The molecule has 0 unspecified atom stereocenters. The van der Waals surface area contributed by atoms with Crippen molar-refractivity contribution in [1.82, 2.24) is 4.98 Å². The van der Waals surface area contributed by atoms with E-state index in [4.69, 9.17) is 0 Å². The molecule has 1 heterocycles. The highest BCUT2D eigenvalue weighted by atomic mass is 19.4. The number of carbonyl (C=O) groups is 2. The van der Waals surface area contributed by atoms with Crippen molar-refractivity contribution in [3.05, 3.63) is 59.8 Å². The van der Waals surface area contributed by atoms with Gasteiger partial charge in [-0.1, -0.05) is 6.07 Å². The standard InChI is InChI=1S/C18H14F3N3O2/c1-10(25)22-13-4-2-3-11(7-13)17(26)23-14-5-6-15-12(8-14)9-16(24-15)18(19,20)21/h2-9,24H,1H3,(H,22,25)(H,23,26). The minimum absolute atomic E-state index is 0.263. The molecule has 5 nitrogen and oxygen atoms in total. The third-order valence-corrected chi connectivity index (χ3v) is 3.63. The van der Waals surface area contributed by atoms with E-state index in [1.54, 1.807) is 18.2 Å². The molecule has 2 amide bonds. The lowest BCUT2D eigenvalue weighted by molar-refractivity contribution is -0.140. The number of fused-ring (bicyclic) bond motifs is 1. The van der Waals surface area contributed by atoms with Gasteiger partial charge in [-0.15, -0.1) is 0 Å². The number of amides is 2. The first-order chi connectivity index (χ1) is 12.2. The number of aromatic nitrogens is 1. The number of hydrogen-bond donors (Lipinski definition) is 3. The van der Waals surface area contributed by atoms with E-state index in [0.717, 1.165) is 6.07 Å². The van der Waals surface area contributed by atoms with E-state index < -0.39 is 17.8 Å². The number of hydrogen-bond acceptors (Lipinski definition) is 2. The van der Waals surface area contributed by atoms with E-state index in [9.17, 15) is 22.8 Å². The van der Waals surface area contributed by atoms with Crippen LogP contribution in [0.25, 0.3) is 10.9 Å². The Kier molecular flexibility index (Phi) is 4.41. The van der Waals surface area contributed by atoms with E-state index in [1.807, 2.05) is 0 Å². The van der Waals surface area contributed by atoms with Crippen molar-refractivity contribution in [2.75, 3.05) is 10.6 Å². The highest BCUT2D eigenvalue weighted by molar-refractivity contribution is 6.06. The number of rotatable bonds is 3. The van der Waals surface area contributed by atoms with Crippen molar-refractivity contribution >= 4 is 34.1 Å². The molecule has 0 spiro atoms. The smallest absolute Gasteiger partial charge is 0.351 e. The summed E-state index contributed by atoms with van der Waals surface area (Å²) in [6.45, 7) is 1.36. The maximum Gasteiger partial charge on any atom is 0.431 e. The molecular weight excluding hydrogens is 347 g/mol. The fraction of sp³-hybridized carbons (Fsp3) is 0.111. The van der Waals surface area contributed by atoms with Gasteiger partial charge in [-0.3, -0.25) is 9.59 Å². The predicted molar refractivity (Wildman–Crippen MR) is 92.0 cm³/mol. The first kappa shape index (κ1) is 17.5. The Morgan fingerprint density at radius 3 is 2.38 bits per heavy atom. The van der Waals surface area contributed by atoms with Gasteiger partial charge in [-0.05, 0) is 42.5 Å². The van der Waals surface area contributed by atoms with Crippen molar-refractivity contribution in [1.29, 1.82) is 0 Å². The number of carbonyl (C=O) groups excluding carboxylic acids is 2. The molecule has 0 aliphatic carbocycles. The summed E-state index contributed by atoms with van der Waals surface area (Å²) in [6.07, 6.45) is -4.47. The van der Waals surface area contributed by atoms with Crippen LogP contribution in [0.5, 0.6) is 0 Å². The minimum Gasteiger partial charge on any atom is -0.351 e. The Hall–Kier alpha value is -3.29. The van der Waals surface area contributed by atoms with Crippen LogP contribution >= 0.6 is 0 Å². The molecule has 0 aliphatic heterocycles. The maximum atomic E-state index is 12.8. The molecule has 8 heteroatoms. The van der Waals surface area contributed by atoms with E-state index >= 15 is 0 Å². The largest absolute Gasteiger partial charge is 0.431 e. The van der Waals surface area contributed by atoms with Crippen LogP contribution in [0.1, 0.15) is 23.0 Å². The van der Waals surface area contributed by atoms with Crippen molar-refractivity contribution in [3.63, 3.8) is 0 Å². The van der Waals surface area contributed by atoms with Gasteiger partial charge in [-0.25, -0.2) is 0 Å². The van der Waals surface area contributed by atoms with Crippen LogP contribution in [0.2, 0.25) is 0 Å². The number of benzene rings is 2. The van der Waals surface area contributed by atoms with Crippen molar-refractivity contribution < 1.29 is 22.8 Å². The Balaban J connectivity index is 1.82. The summed E-state index contributed by atoms with van der Waals surface area (Å²) >= 11 is 0. The van der Waals surface area contributed by atoms with Gasteiger partial charge in [0, 0.05) is 34.8 Å². The van der Waals surface area contributed by atoms with E-state index in [-0.39, 0.29) is 5.91 Å². The zero-order chi connectivity index (χ0) is 18.9. The van der Waals surface area contributed by atoms with Crippen LogP contribution in [0.15, 0.2) is 48.5 Å². The van der Waals surface area contributed by atoms with Gasteiger partial charge in [0.2, 0.25) is 5.91 Å². The summed E-state index contributed by atoms with van der Waals surface area (Å²) in [5.74, 6) is -0.705. The Morgan fingerprint density at radius 1 is 0.962 bits per heavy atom. The predicted octanol–water partition coefficient (Wildman–Crippen LogP) is 4.40. The molecule has 0 saturated carbocycles. The number of anilines is 2. The van der Waals surface area contributed by atoms with Crippen LogP contribution in [0.3, 0.4) is 0 Å². The summed E-state index contributed by atoms with van der Waals surface area (Å²) in [5, 5.41) is 5.54. The second-order valence-electron chi connectivity index (χ2n) is 5.70. The van der Waals surface area contributed by atoms with Crippen LogP contribution < -0.4 is 10.6 Å². The number of alkyl halides is 3. The normalized spacial score (nSPS) is 11.4.